The highest BCUT2D eigenvalue weighted by Gasteiger charge is 2.33. The normalized spacial score (nSPS) is 23.2. The van der Waals surface area contributed by atoms with Crippen LogP contribution >= 0.6 is 15.9 Å². The number of sulfone groups is 1. The first kappa shape index (κ1) is 11.8. The molecule has 1 saturated heterocycles. The fourth-order valence-electron chi connectivity index (χ4n) is 1.88. The van der Waals surface area contributed by atoms with Gasteiger partial charge in [-0.05, 0) is 18.6 Å². The van der Waals surface area contributed by atoms with Crippen molar-refractivity contribution in [2.75, 3.05) is 11.5 Å². The van der Waals surface area contributed by atoms with Crippen molar-refractivity contribution in [1.82, 2.24) is 0 Å². The molecule has 1 atom stereocenters. The van der Waals surface area contributed by atoms with E-state index in [9.17, 15) is 13.2 Å². The van der Waals surface area contributed by atoms with Crippen LogP contribution in [0.15, 0.2) is 28.7 Å². The maximum Gasteiger partial charge on any atom is 0.167 e. The van der Waals surface area contributed by atoms with E-state index in [0.29, 0.717) is 12.0 Å². The minimum Gasteiger partial charge on any atom is -0.294 e. The molecule has 1 aromatic rings. The molecule has 0 aromatic heterocycles. The van der Waals surface area contributed by atoms with Gasteiger partial charge in [0.05, 0.1) is 11.5 Å². The van der Waals surface area contributed by atoms with Crippen molar-refractivity contribution in [3.8, 4) is 0 Å². The van der Waals surface area contributed by atoms with Gasteiger partial charge in [-0.15, -0.1) is 0 Å². The first-order valence-electron chi connectivity index (χ1n) is 4.98. The quantitative estimate of drug-likeness (QED) is 0.786. The van der Waals surface area contributed by atoms with E-state index >= 15 is 0 Å². The summed E-state index contributed by atoms with van der Waals surface area (Å²) >= 11 is 3.29. The van der Waals surface area contributed by atoms with E-state index in [-0.39, 0.29) is 23.2 Å². The Morgan fingerprint density at radius 1 is 1.38 bits per heavy atom. The van der Waals surface area contributed by atoms with E-state index in [1.165, 1.54) is 0 Å². The first-order valence-corrected chi connectivity index (χ1v) is 7.59. The summed E-state index contributed by atoms with van der Waals surface area (Å²) in [6.07, 6.45) is 0.452. The van der Waals surface area contributed by atoms with Crippen LogP contribution < -0.4 is 0 Å². The van der Waals surface area contributed by atoms with Gasteiger partial charge in [-0.25, -0.2) is 8.42 Å². The van der Waals surface area contributed by atoms with Crippen molar-refractivity contribution in [2.45, 2.75) is 6.42 Å². The van der Waals surface area contributed by atoms with Crippen molar-refractivity contribution >= 4 is 31.6 Å². The van der Waals surface area contributed by atoms with Gasteiger partial charge in [0.1, 0.15) is 0 Å². The van der Waals surface area contributed by atoms with Crippen molar-refractivity contribution in [3.05, 3.63) is 34.3 Å². The number of ketones is 1. The third-order valence-corrected chi connectivity index (χ3v) is 4.97. The van der Waals surface area contributed by atoms with E-state index in [4.69, 9.17) is 0 Å². The molecule has 1 fully saturated rings. The molecule has 0 aliphatic carbocycles. The van der Waals surface area contributed by atoms with Gasteiger partial charge in [-0.1, -0.05) is 28.1 Å². The molecule has 86 valence electrons. The molecule has 1 unspecified atom stereocenters. The van der Waals surface area contributed by atoms with Crippen LogP contribution in [-0.2, 0) is 9.84 Å². The number of carbonyl (C=O) groups excluding carboxylic acids is 1. The molecule has 1 aliphatic rings. The lowest BCUT2D eigenvalue weighted by molar-refractivity contribution is 0.0933. The Hall–Kier alpha value is -0.680. The SMILES string of the molecule is O=C(c1cccc(Br)c1)C1CCS(=O)(=O)C1. The third-order valence-electron chi connectivity index (χ3n) is 2.71. The molecule has 3 nitrogen and oxygen atoms in total. The van der Waals surface area contributed by atoms with Crippen molar-refractivity contribution in [2.24, 2.45) is 5.92 Å². The van der Waals surface area contributed by atoms with E-state index in [0.717, 1.165) is 4.47 Å². The summed E-state index contributed by atoms with van der Waals surface area (Å²) in [7, 11) is -2.99. The lowest BCUT2D eigenvalue weighted by Crippen LogP contribution is -2.16. The van der Waals surface area contributed by atoms with Crippen LogP contribution in [-0.4, -0.2) is 25.7 Å². The van der Waals surface area contributed by atoms with Crippen LogP contribution in [0, 0.1) is 5.92 Å². The van der Waals surface area contributed by atoms with E-state index in [1.807, 2.05) is 6.07 Å². The first-order chi connectivity index (χ1) is 7.48. The Bertz CT molecular complexity index is 522. The number of carbonyl (C=O) groups is 1. The van der Waals surface area contributed by atoms with Crippen molar-refractivity contribution in [1.29, 1.82) is 0 Å². The van der Waals surface area contributed by atoms with Crippen LogP contribution in [0.5, 0.6) is 0 Å². The summed E-state index contributed by atoms with van der Waals surface area (Å²) in [6, 6.07) is 7.06. The van der Waals surface area contributed by atoms with Gasteiger partial charge in [-0.2, -0.15) is 0 Å². The zero-order valence-corrected chi connectivity index (χ0v) is 10.9. The standard InChI is InChI=1S/C11H11BrO3S/c12-10-3-1-2-8(6-10)11(13)9-4-5-16(14,15)7-9/h1-3,6,9H,4-5,7H2. The topological polar surface area (TPSA) is 51.2 Å². The largest absolute Gasteiger partial charge is 0.294 e. The second kappa shape index (κ2) is 4.30. The minimum absolute atomic E-state index is 0.00164. The second-order valence-corrected chi connectivity index (χ2v) is 7.12. The molecule has 16 heavy (non-hydrogen) atoms. The average Bonchev–Trinajstić information content (AvgIpc) is 2.58. The molecule has 2 rings (SSSR count). The number of halogens is 1. The predicted molar refractivity (Wildman–Crippen MR) is 65.2 cm³/mol. The van der Waals surface area contributed by atoms with Crippen LogP contribution in [0.4, 0.5) is 0 Å². The molecule has 1 aromatic carbocycles. The molecule has 0 radical (unpaired) electrons. The Morgan fingerprint density at radius 2 is 2.12 bits per heavy atom. The molecular weight excluding hydrogens is 292 g/mol. The molecular formula is C11H11BrO3S. The van der Waals surface area contributed by atoms with Crippen LogP contribution in [0.25, 0.3) is 0 Å². The molecule has 0 spiro atoms. The Morgan fingerprint density at radius 3 is 2.69 bits per heavy atom. The summed E-state index contributed by atoms with van der Waals surface area (Å²) in [5.74, 6) is -0.294. The van der Waals surface area contributed by atoms with Crippen LogP contribution in [0.3, 0.4) is 0 Å². The molecule has 0 N–H and O–H groups in total. The number of rotatable bonds is 2. The minimum atomic E-state index is -2.99. The van der Waals surface area contributed by atoms with Gasteiger partial charge in [0.2, 0.25) is 0 Å². The van der Waals surface area contributed by atoms with E-state index < -0.39 is 9.84 Å². The number of hydrogen-bond donors (Lipinski definition) is 0. The van der Waals surface area contributed by atoms with Gasteiger partial charge in [-0.3, -0.25) is 4.79 Å². The van der Waals surface area contributed by atoms with E-state index in [1.54, 1.807) is 18.2 Å². The number of Topliss-reactive ketones (excluding diaryl/α,β-unsaturated/α-hetero) is 1. The highest BCUT2D eigenvalue weighted by Crippen LogP contribution is 2.23. The Kier molecular flexibility index (Phi) is 3.17. The fraction of sp³-hybridized carbons (Fsp3) is 0.364. The van der Waals surface area contributed by atoms with Gasteiger partial charge >= 0.3 is 0 Å². The van der Waals surface area contributed by atoms with Crippen LogP contribution in [0.1, 0.15) is 16.8 Å². The molecule has 0 saturated carbocycles. The van der Waals surface area contributed by atoms with Crippen molar-refractivity contribution in [3.63, 3.8) is 0 Å². The maximum absolute atomic E-state index is 12.0. The summed E-state index contributed by atoms with van der Waals surface area (Å²) in [6.45, 7) is 0. The highest BCUT2D eigenvalue weighted by atomic mass is 79.9. The smallest absolute Gasteiger partial charge is 0.167 e. The summed E-state index contributed by atoms with van der Waals surface area (Å²) < 4.78 is 23.4. The molecule has 1 heterocycles. The second-order valence-electron chi connectivity index (χ2n) is 3.97. The Labute approximate surface area is 103 Å². The third kappa shape index (κ3) is 2.52. The zero-order valence-electron chi connectivity index (χ0n) is 8.52. The number of hydrogen-bond acceptors (Lipinski definition) is 3. The summed E-state index contributed by atoms with van der Waals surface area (Å²) in [4.78, 5) is 12.0. The van der Waals surface area contributed by atoms with Gasteiger partial charge < -0.3 is 0 Å². The van der Waals surface area contributed by atoms with Crippen molar-refractivity contribution < 1.29 is 13.2 Å². The van der Waals surface area contributed by atoms with Gasteiger partial charge in [0.25, 0.3) is 0 Å². The highest BCUT2D eigenvalue weighted by molar-refractivity contribution is 9.10. The van der Waals surface area contributed by atoms with Crippen LogP contribution in [0.2, 0.25) is 0 Å². The molecule has 0 amide bonds. The fourth-order valence-corrected chi connectivity index (χ4v) is 4.02. The molecule has 0 bridgehead atoms. The van der Waals surface area contributed by atoms with E-state index in [2.05, 4.69) is 15.9 Å². The average molecular weight is 303 g/mol. The lowest BCUT2D eigenvalue weighted by atomic mass is 9.97. The summed E-state index contributed by atoms with van der Waals surface area (Å²) in [5, 5.41) is 0. The molecule has 1 aliphatic heterocycles. The number of benzene rings is 1. The Balaban J connectivity index is 2.21. The predicted octanol–water partition coefficient (Wildman–Crippen LogP) is 2.07. The maximum atomic E-state index is 12.0. The monoisotopic (exact) mass is 302 g/mol. The zero-order chi connectivity index (χ0) is 11.8. The molecule has 5 heteroatoms. The lowest BCUT2D eigenvalue weighted by Gasteiger charge is -2.06. The van der Waals surface area contributed by atoms with Gasteiger partial charge in [0, 0.05) is 16.0 Å². The van der Waals surface area contributed by atoms with Gasteiger partial charge in [0.15, 0.2) is 15.6 Å². The summed E-state index contributed by atoms with van der Waals surface area (Å²) in [5.41, 5.74) is 0.580.